The molecule has 0 aliphatic carbocycles. The first kappa shape index (κ1) is 23.7. The minimum atomic E-state index is 0.103. The zero-order valence-corrected chi connectivity index (χ0v) is 22.0. The molecule has 0 spiro atoms. The Hall–Kier alpha value is -3.64. The number of rotatable bonds is 6. The second-order valence-corrected chi connectivity index (χ2v) is 11.4. The zero-order valence-electron chi connectivity index (χ0n) is 19.6. The quantitative estimate of drug-likeness (QED) is 0.170. The molecule has 0 radical (unpaired) electrons. The minimum Gasteiger partial charge on any atom is -0.507 e. The lowest BCUT2D eigenvalue weighted by molar-refractivity contribution is 0.475. The van der Waals surface area contributed by atoms with Crippen molar-refractivity contribution < 1.29 is 5.11 Å². The maximum absolute atomic E-state index is 10.4. The van der Waals surface area contributed by atoms with E-state index in [9.17, 15) is 5.11 Å². The summed E-state index contributed by atoms with van der Waals surface area (Å²) in [7, 11) is 0. The van der Waals surface area contributed by atoms with Gasteiger partial charge in [0.1, 0.15) is 5.75 Å². The monoisotopic (exact) mass is 536 g/mol. The number of fused-ring (bicyclic) bond motifs is 2. The largest absolute Gasteiger partial charge is 0.507 e. The van der Waals surface area contributed by atoms with Crippen molar-refractivity contribution in [3.8, 4) is 5.75 Å². The first-order valence-electron chi connectivity index (χ1n) is 11.8. The van der Waals surface area contributed by atoms with Crippen LogP contribution in [0.25, 0.3) is 21.0 Å². The van der Waals surface area contributed by atoms with Crippen molar-refractivity contribution in [1.29, 1.82) is 0 Å². The van der Waals surface area contributed by atoms with Gasteiger partial charge in [0.05, 0.1) is 21.2 Å². The Morgan fingerprint density at radius 3 is 2.43 bits per heavy atom. The molecule has 0 unspecified atom stereocenters. The molecule has 6 aromatic rings. The van der Waals surface area contributed by atoms with E-state index in [1.165, 1.54) is 11.1 Å². The number of benzene rings is 5. The lowest BCUT2D eigenvalue weighted by Gasteiger charge is -2.16. The van der Waals surface area contributed by atoms with E-state index in [4.69, 9.17) is 16.6 Å². The van der Waals surface area contributed by atoms with Crippen molar-refractivity contribution in [3.05, 3.63) is 131 Å². The summed E-state index contributed by atoms with van der Waals surface area (Å²) in [4.78, 5) is 9.58. The molecule has 6 rings (SSSR count). The average molecular weight is 537 g/mol. The van der Waals surface area contributed by atoms with Crippen molar-refractivity contribution in [1.82, 2.24) is 4.98 Å². The number of nitrogens with zero attached hydrogens (tertiary/aromatic N) is 2. The molecule has 3 nitrogen and oxygen atoms in total. The highest BCUT2D eigenvalue weighted by Crippen LogP contribution is 2.43. The number of phenolic OH excluding ortho intramolecular Hbond substituents is 1. The van der Waals surface area contributed by atoms with Gasteiger partial charge >= 0.3 is 0 Å². The van der Waals surface area contributed by atoms with E-state index in [0.717, 1.165) is 36.0 Å². The lowest BCUT2D eigenvalue weighted by Crippen LogP contribution is -1.96. The van der Waals surface area contributed by atoms with Gasteiger partial charge in [-0.25, -0.2) is 4.98 Å². The number of aromatic hydroxyl groups is 1. The van der Waals surface area contributed by atoms with E-state index < -0.39 is 0 Å². The lowest BCUT2D eigenvalue weighted by atomic mass is 10.0. The number of aliphatic imine (C=N–C) groups is 1. The Labute approximate surface area is 228 Å². The molecule has 37 heavy (non-hydrogen) atoms. The fourth-order valence-electron chi connectivity index (χ4n) is 4.28. The van der Waals surface area contributed by atoms with Gasteiger partial charge in [0.2, 0.25) is 0 Å². The molecule has 1 atom stereocenters. The summed E-state index contributed by atoms with van der Waals surface area (Å²) in [6.45, 7) is 0. The van der Waals surface area contributed by atoms with Crippen LogP contribution < -0.4 is 0 Å². The molecule has 0 saturated carbocycles. The van der Waals surface area contributed by atoms with Gasteiger partial charge in [0.25, 0.3) is 0 Å². The highest BCUT2D eigenvalue weighted by Gasteiger charge is 2.18. The van der Waals surface area contributed by atoms with E-state index in [1.54, 1.807) is 35.4 Å². The number of thiazole rings is 1. The van der Waals surface area contributed by atoms with Gasteiger partial charge in [0, 0.05) is 16.8 Å². The molecule has 0 fully saturated rings. The molecular formula is C31H21ClN2OS2. The van der Waals surface area contributed by atoms with Crippen LogP contribution in [-0.4, -0.2) is 16.3 Å². The molecule has 0 amide bonds. The molecule has 0 saturated heterocycles. The van der Waals surface area contributed by atoms with Gasteiger partial charge in [0.15, 0.2) is 4.34 Å². The van der Waals surface area contributed by atoms with Crippen LogP contribution in [0, 0.1) is 0 Å². The topological polar surface area (TPSA) is 45.5 Å². The molecule has 1 N–H and O–H groups in total. The second kappa shape index (κ2) is 10.4. The van der Waals surface area contributed by atoms with Crippen LogP contribution in [-0.2, 0) is 0 Å². The maximum Gasteiger partial charge on any atom is 0.152 e. The van der Waals surface area contributed by atoms with Crippen LogP contribution >= 0.6 is 34.7 Å². The smallest absolute Gasteiger partial charge is 0.152 e. The normalized spacial score (nSPS) is 12.5. The molecule has 180 valence electrons. The summed E-state index contributed by atoms with van der Waals surface area (Å²) >= 11 is 9.55. The third-order valence-electron chi connectivity index (χ3n) is 6.14. The SMILES string of the molecule is Oc1ccc2ccccc2c1C=Nc1ccc2nc(S[C@H](c3ccccc3)c3ccc(Cl)cc3)sc2c1. The minimum absolute atomic E-state index is 0.103. The van der Waals surface area contributed by atoms with E-state index in [1.807, 2.05) is 60.7 Å². The summed E-state index contributed by atoms with van der Waals surface area (Å²) in [5, 5.41) is 13.3. The number of aromatic nitrogens is 1. The molecule has 0 aliphatic rings. The first-order valence-corrected chi connectivity index (χ1v) is 13.8. The molecule has 1 aromatic heterocycles. The van der Waals surface area contributed by atoms with E-state index in [0.29, 0.717) is 5.56 Å². The third kappa shape index (κ3) is 5.12. The van der Waals surface area contributed by atoms with Gasteiger partial charge in [-0.05, 0) is 58.3 Å². The molecule has 0 aliphatic heterocycles. The summed E-state index contributed by atoms with van der Waals surface area (Å²) in [6, 6.07) is 36.1. The Kier molecular flexibility index (Phi) is 6.66. The highest BCUT2D eigenvalue weighted by molar-refractivity contribution is 8.01. The molecule has 0 bridgehead atoms. The summed E-state index contributed by atoms with van der Waals surface area (Å²) in [6.07, 6.45) is 1.74. The van der Waals surface area contributed by atoms with Gasteiger partial charge in [-0.2, -0.15) is 0 Å². The van der Waals surface area contributed by atoms with Crippen LogP contribution in [0.4, 0.5) is 5.69 Å². The van der Waals surface area contributed by atoms with E-state index in [-0.39, 0.29) is 11.0 Å². The second-order valence-electron chi connectivity index (χ2n) is 8.57. The summed E-state index contributed by atoms with van der Waals surface area (Å²) in [5.41, 5.74) is 4.88. The van der Waals surface area contributed by atoms with Gasteiger partial charge in [-0.15, -0.1) is 11.3 Å². The van der Waals surface area contributed by atoms with Crippen LogP contribution in [0.3, 0.4) is 0 Å². The molecule has 5 aromatic carbocycles. The number of hydrogen-bond donors (Lipinski definition) is 1. The number of hydrogen-bond acceptors (Lipinski definition) is 5. The number of halogens is 1. The van der Waals surface area contributed by atoms with Crippen molar-refractivity contribution >= 4 is 67.6 Å². The first-order chi connectivity index (χ1) is 18.1. The number of phenols is 1. The Morgan fingerprint density at radius 1 is 0.838 bits per heavy atom. The van der Waals surface area contributed by atoms with Gasteiger partial charge in [-0.3, -0.25) is 4.99 Å². The molecule has 1 heterocycles. The molecular weight excluding hydrogens is 516 g/mol. The predicted octanol–water partition coefficient (Wildman–Crippen LogP) is 9.44. The summed E-state index contributed by atoms with van der Waals surface area (Å²) < 4.78 is 2.06. The number of thioether (sulfide) groups is 1. The van der Waals surface area contributed by atoms with Crippen LogP contribution in [0.15, 0.2) is 119 Å². The van der Waals surface area contributed by atoms with Gasteiger partial charge < -0.3 is 5.11 Å². The average Bonchev–Trinajstić information content (AvgIpc) is 3.34. The maximum atomic E-state index is 10.4. The van der Waals surface area contributed by atoms with Crippen molar-refractivity contribution in [2.24, 2.45) is 4.99 Å². The molecule has 6 heteroatoms. The van der Waals surface area contributed by atoms with E-state index in [2.05, 4.69) is 47.5 Å². The zero-order chi connectivity index (χ0) is 25.2. The highest BCUT2D eigenvalue weighted by atomic mass is 35.5. The summed E-state index contributed by atoms with van der Waals surface area (Å²) in [5.74, 6) is 0.217. The fourth-order valence-corrected chi connectivity index (χ4v) is 6.82. The van der Waals surface area contributed by atoms with Crippen LogP contribution in [0.1, 0.15) is 21.9 Å². The van der Waals surface area contributed by atoms with Crippen molar-refractivity contribution in [2.45, 2.75) is 9.59 Å². The Bertz CT molecular complexity index is 1730. The van der Waals surface area contributed by atoms with Crippen molar-refractivity contribution in [2.75, 3.05) is 0 Å². The standard InChI is InChI=1S/C31H21ClN2OS2/c32-23-13-10-22(11-14-23)30(21-7-2-1-3-8-21)37-31-34-27-16-15-24(18-29(27)36-31)33-19-26-25-9-5-4-6-20(25)12-17-28(26)35/h1-19,30,35H/t30-/m1/s1. The van der Waals surface area contributed by atoms with E-state index >= 15 is 0 Å². The Balaban J connectivity index is 1.31. The predicted molar refractivity (Wildman–Crippen MR) is 158 cm³/mol. The third-order valence-corrected chi connectivity index (χ3v) is 8.81. The van der Waals surface area contributed by atoms with Gasteiger partial charge in [-0.1, -0.05) is 96.2 Å². The fraction of sp³-hybridized carbons (Fsp3) is 0.0323. The van der Waals surface area contributed by atoms with Crippen LogP contribution in [0.5, 0.6) is 5.75 Å². The Morgan fingerprint density at radius 2 is 1.59 bits per heavy atom. The van der Waals surface area contributed by atoms with Crippen molar-refractivity contribution in [3.63, 3.8) is 0 Å². The van der Waals surface area contributed by atoms with Crippen LogP contribution in [0.2, 0.25) is 5.02 Å².